The van der Waals surface area contributed by atoms with Gasteiger partial charge >= 0.3 is 6.36 Å². The van der Waals surface area contributed by atoms with Crippen LogP contribution in [-0.4, -0.2) is 35.3 Å². The lowest BCUT2D eigenvalue weighted by Gasteiger charge is -2.38. The van der Waals surface area contributed by atoms with Crippen molar-refractivity contribution in [3.63, 3.8) is 0 Å². The highest BCUT2D eigenvalue weighted by Crippen LogP contribution is 2.35. The van der Waals surface area contributed by atoms with Crippen LogP contribution in [0.3, 0.4) is 0 Å². The quantitative estimate of drug-likeness (QED) is 0.792. The third kappa shape index (κ3) is 5.29. The van der Waals surface area contributed by atoms with Crippen LogP contribution in [0.1, 0.15) is 36.1 Å². The van der Waals surface area contributed by atoms with Crippen molar-refractivity contribution in [2.75, 3.05) is 13.2 Å². The average molecular weight is 411 g/mol. The van der Waals surface area contributed by atoms with E-state index in [0.717, 1.165) is 11.3 Å². The molecule has 2 aromatic rings. The van der Waals surface area contributed by atoms with Gasteiger partial charge in [0.1, 0.15) is 5.75 Å². The zero-order chi connectivity index (χ0) is 21.1. The van der Waals surface area contributed by atoms with Crippen molar-refractivity contribution >= 4 is 5.91 Å². The molecule has 29 heavy (non-hydrogen) atoms. The van der Waals surface area contributed by atoms with Gasteiger partial charge in [0, 0.05) is 32.4 Å². The molecule has 1 aromatic heterocycles. The smallest absolute Gasteiger partial charge is 0.406 e. The van der Waals surface area contributed by atoms with Crippen LogP contribution in [0, 0.1) is 6.92 Å². The van der Waals surface area contributed by atoms with Crippen LogP contribution in [0.2, 0.25) is 0 Å². The Labute approximate surface area is 167 Å². The van der Waals surface area contributed by atoms with Crippen LogP contribution in [-0.2, 0) is 28.5 Å². The van der Waals surface area contributed by atoms with Crippen molar-refractivity contribution in [3.05, 3.63) is 47.3 Å². The fraction of sp³-hybridized carbons (Fsp3) is 0.500. The van der Waals surface area contributed by atoms with Gasteiger partial charge in [-0.15, -0.1) is 13.2 Å². The molecule has 158 valence electrons. The highest BCUT2D eigenvalue weighted by atomic mass is 19.4. The van der Waals surface area contributed by atoms with E-state index in [2.05, 4.69) is 15.2 Å². The standard InChI is InChI=1S/C20H24F3N3O3/c1-14-15(13-24-26(14)2)6-7-18(27)25-19(8-10-28-11-9-19)16-4-3-5-17(12-16)29-20(21,22)23/h3-5,12-13H,6-11H2,1-2H3,(H,25,27). The number of nitrogens with zero attached hydrogens (tertiary/aromatic N) is 2. The summed E-state index contributed by atoms with van der Waals surface area (Å²) in [6, 6.07) is 5.79. The average Bonchev–Trinajstić information content (AvgIpc) is 2.98. The summed E-state index contributed by atoms with van der Waals surface area (Å²) >= 11 is 0. The molecule has 0 bridgehead atoms. The molecule has 2 heterocycles. The number of ether oxygens (including phenoxy) is 2. The number of benzene rings is 1. The van der Waals surface area contributed by atoms with Crippen molar-refractivity contribution in [2.24, 2.45) is 7.05 Å². The topological polar surface area (TPSA) is 65.4 Å². The van der Waals surface area contributed by atoms with E-state index >= 15 is 0 Å². The summed E-state index contributed by atoms with van der Waals surface area (Å²) in [5.41, 5.74) is 1.78. The number of hydrogen-bond acceptors (Lipinski definition) is 4. The fourth-order valence-electron chi connectivity index (χ4n) is 3.56. The predicted octanol–water partition coefficient (Wildman–Crippen LogP) is 3.38. The van der Waals surface area contributed by atoms with Crippen LogP contribution in [0.25, 0.3) is 0 Å². The highest BCUT2D eigenvalue weighted by molar-refractivity contribution is 5.77. The minimum Gasteiger partial charge on any atom is -0.406 e. The highest BCUT2D eigenvalue weighted by Gasteiger charge is 2.37. The molecule has 1 aliphatic rings. The molecule has 0 saturated carbocycles. The van der Waals surface area contributed by atoms with Gasteiger partial charge < -0.3 is 14.8 Å². The first kappa shape index (κ1) is 21.2. The predicted molar refractivity (Wildman–Crippen MR) is 99.3 cm³/mol. The lowest BCUT2D eigenvalue weighted by molar-refractivity contribution is -0.274. The zero-order valence-electron chi connectivity index (χ0n) is 16.4. The number of halogens is 3. The van der Waals surface area contributed by atoms with Gasteiger partial charge in [-0.1, -0.05) is 12.1 Å². The number of carbonyl (C=O) groups excluding carboxylic acids is 1. The SMILES string of the molecule is Cc1c(CCC(=O)NC2(c3cccc(OC(F)(F)F)c3)CCOCC2)cnn1C. The summed E-state index contributed by atoms with van der Waals surface area (Å²) in [5.74, 6) is -0.474. The van der Waals surface area contributed by atoms with Gasteiger partial charge in [-0.3, -0.25) is 9.48 Å². The second-order valence-electron chi connectivity index (χ2n) is 7.20. The zero-order valence-corrected chi connectivity index (χ0v) is 16.4. The molecule has 1 aromatic carbocycles. The lowest BCUT2D eigenvalue weighted by atomic mass is 9.82. The number of amides is 1. The third-order valence-corrected chi connectivity index (χ3v) is 5.30. The third-order valence-electron chi connectivity index (χ3n) is 5.30. The van der Waals surface area contributed by atoms with E-state index in [1.807, 2.05) is 14.0 Å². The molecule has 0 atom stereocenters. The summed E-state index contributed by atoms with van der Waals surface area (Å²) in [7, 11) is 1.84. The van der Waals surface area contributed by atoms with Gasteiger partial charge in [0.05, 0.1) is 11.7 Å². The Bertz CT molecular complexity index is 858. The van der Waals surface area contributed by atoms with Crippen LogP contribution >= 0.6 is 0 Å². The van der Waals surface area contributed by atoms with Gasteiger partial charge in [0.2, 0.25) is 5.91 Å². The van der Waals surface area contributed by atoms with Gasteiger partial charge in [-0.25, -0.2) is 0 Å². The fourth-order valence-corrected chi connectivity index (χ4v) is 3.56. The van der Waals surface area contributed by atoms with Crippen molar-refractivity contribution < 1.29 is 27.4 Å². The number of rotatable bonds is 6. The van der Waals surface area contributed by atoms with Crippen molar-refractivity contribution in [2.45, 2.75) is 44.5 Å². The Morgan fingerprint density at radius 2 is 2.07 bits per heavy atom. The van der Waals surface area contributed by atoms with E-state index in [9.17, 15) is 18.0 Å². The van der Waals surface area contributed by atoms with Gasteiger partial charge in [0.25, 0.3) is 0 Å². The molecule has 0 radical (unpaired) electrons. The first-order chi connectivity index (χ1) is 13.7. The number of carbonyl (C=O) groups is 1. The maximum Gasteiger partial charge on any atom is 0.573 e. The van der Waals surface area contributed by atoms with Crippen LogP contribution in [0.4, 0.5) is 13.2 Å². The van der Waals surface area contributed by atoms with E-state index in [1.54, 1.807) is 16.9 Å². The van der Waals surface area contributed by atoms with Crippen LogP contribution in [0.15, 0.2) is 30.5 Å². The molecule has 0 spiro atoms. The molecule has 9 heteroatoms. The normalized spacial score (nSPS) is 16.4. The molecule has 1 amide bonds. The van der Waals surface area contributed by atoms with Crippen molar-refractivity contribution in [3.8, 4) is 5.75 Å². The molecule has 3 rings (SSSR count). The summed E-state index contributed by atoms with van der Waals surface area (Å²) in [4.78, 5) is 12.7. The molecular formula is C20H24F3N3O3. The minimum absolute atomic E-state index is 0.169. The number of hydrogen-bond donors (Lipinski definition) is 1. The molecule has 1 saturated heterocycles. The summed E-state index contributed by atoms with van der Waals surface area (Å²) < 4.78 is 49.0. The molecule has 0 unspecified atom stereocenters. The Morgan fingerprint density at radius 3 is 2.69 bits per heavy atom. The van der Waals surface area contributed by atoms with E-state index in [4.69, 9.17) is 4.74 Å². The second-order valence-corrected chi connectivity index (χ2v) is 7.20. The maximum absolute atomic E-state index is 12.7. The molecule has 1 fully saturated rings. The van der Waals surface area contributed by atoms with E-state index < -0.39 is 11.9 Å². The minimum atomic E-state index is -4.77. The Kier molecular flexibility index (Phi) is 6.16. The molecule has 1 N–H and O–H groups in total. The number of nitrogens with one attached hydrogen (secondary N) is 1. The van der Waals surface area contributed by atoms with Crippen LogP contribution < -0.4 is 10.1 Å². The van der Waals surface area contributed by atoms with Crippen molar-refractivity contribution in [1.29, 1.82) is 0 Å². The monoisotopic (exact) mass is 411 g/mol. The Morgan fingerprint density at radius 1 is 1.34 bits per heavy atom. The molecule has 6 nitrogen and oxygen atoms in total. The summed E-state index contributed by atoms with van der Waals surface area (Å²) in [5, 5.41) is 7.22. The first-order valence-electron chi connectivity index (χ1n) is 9.41. The lowest BCUT2D eigenvalue weighted by Crippen LogP contribution is -2.49. The van der Waals surface area contributed by atoms with E-state index in [0.29, 0.717) is 38.0 Å². The molecular weight excluding hydrogens is 387 g/mol. The van der Waals surface area contributed by atoms with Crippen molar-refractivity contribution in [1.82, 2.24) is 15.1 Å². The largest absolute Gasteiger partial charge is 0.573 e. The van der Waals surface area contributed by atoms with Crippen LogP contribution in [0.5, 0.6) is 5.75 Å². The van der Waals surface area contributed by atoms with Gasteiger partial charge in [0.15, 0.2) is 0 Å². The summed E-state index contributed by atoms with van der Waals surface area (Å²) in [6.45, 7) is 2.76. The summed E-state index contributed by atoms with van der Waals surface area (Å²) in [6.07, 6.45) is -1.29. The number of aryl methyl sites for hydroxylation is 2. The number of alkyl halides is 3. The molecule has 0 aliphatic carbocycles. The second kappa shape index (κ2) is 8.44. The van der Waals surface area contributed by atoms with E-state index in [1.165, 1.54) is 18.2 Å². The number of aromatic nitrogens is 2. The Hall–Kier alpha value is -2.55. The molecule has 1 aliphatic heterocycles. The first-order valence-corrected chi connectivity index (χ1v) is 9.41. The maximum atomic E-state index is 12.7. The Balaban J connectivity index is 1.75. The van der Waals surface area contributed by atoms with Gasteiger partial charge in [-0.05, 0) is 49.4 Å². The van der Waals surface area contributed by atoms with E-state index in [-0.39, 0.29) is 18.1 Å². The van der Waals surface area contributed by atoms with Gasteiger partial charge in [-0.2, -0.15) is 5.10 Å².